The summed E-state index contributed by atoms with van der Waals surface area (Å²) in [6.45, 7) is 5.40. The van der Waals surface area contributed by atoms with Crippen molar-refractivity contribution in [2.24, 2.45) is 0 Å². The van der Waals surface area contributed by atoms with Gasteiger partial charge in [0, 0.05) is 0 Å². The average molecular weight is 281 g/mol. The number of imidazole rings is 1. The van der Waals surface area contributed by atoms with Crippen molar-refractivity contribution >= 4 is 17.0 Å². The van der Waals surface area contributed by atoms with Crippen molar-refractivity contribution in [3.63, 3.8) is 0 Å². The molecule has 1 aromatic heterocycles. The molecule has 0 saturated carbocycles. The maximum Gasteiger partial charge on any atom is 0.201 e. The van der Waals surface area contributed by atoms with Crippen LogP contribution < -0.4 is 10.5 Å². The van der Waals surface area contributed by atoms with Gasteiger partial charge < -0.3 is 15.0 Å². The third-order valence-electron chi connectivity index (χ3n) is 3.66. The van der Waals surface area contributed by atoms with Gasteiger partial charge in [-0.3, -0.25) is 0 Å². The Morgan fingerprint density at radius 3 is 2.71 bits per heavy atom. The van der Waals surface area contributed by atoms with Gasteiger partial charge in [0.05, 0.1) is 18.7 Å². The normalized spacial score (nSPS) is 11.0. The van der Waals surface area contributed by atoms with Gasteiger partial charge in [-0.05, 0) is 37.1 Å². The van der Waals surface area contributed by atoms with Gasteiger partial charge in [0.15, 0.2) is 0 Å². The van der Waals surface area contributed by atoms with Gasteiger partial charge in [0.1, 0.15) is 11.3 Å². The summed E-state index contributed by atoms with van der Waals surface area (Å²) in [6, 6.07) is 14.2. The first-order chi connectivity index (χ1) is 10.2. The maximum atomic E-state index is 6.11. The molecule has 0 bridgehead atoms. The second kappa shape index (κ2) is 5.48. The van der Waals surface area contributed by atoms with Crippen LogP contribution in [-0.4, -0.2) is 16.2 Å². The van der Waals surface area contributed by atoms with Crippen molar-refractivity contribution in [3.05, 3.63) is 53.6 Å². The molecule has 21 heavy (non-hydrogen) atoms. The fraction of sp³-hybridized carbons (Fsp3) is 0.235. The third kappa shape index (κ3) is 2.44. The molecule has 0 unspecified atom stereocenters. The van der Waals surface area contributed by atoms with Crippen molar-refractivity contribution in [3.8, 4) is 5.75 Å². The van der Waals surface area contributed by atoms with E-state index in [9.17, 15) is 0 Å². The lowest BCUT2D eigenvalue weighted by Crippen LogP contribution is -2.05. The fourth-order valence-electron chi connectivity index (χ4n) is 2.54. The first kappa shape index (κ1) is 13.5. The van der Waals surface area contributed by atoms with Crippen LogP contribution in [-0.2, 0) is 6.54 Å². The molecular formula is C17H19N3O. The van der Waals surface area contributed by atoms with Crippen LogP contribution >= 0.6 is 0 Å². The minimum Gasteiger partial charge on any atom is -0.492 e. The zero-order valence-electron chi connectivity index (χ0n) is 12.3. The smallest absolute Gasteiger partial charge is 0.201 e. The van der Waals surface area contributed by atoms with Crippen LogP contribution in [0.4, 0.5) is 5.95 Å². The Morgan fingerprint density at radius 1 is 1.14 bits per heavy atom. The molecule has 1 heterocycles. The van der Waals surface area contributed by atoms with Gasteiger partial charge in [-0.1, -0.05) is 30.3 Å². The lowest BCUT2D eigenvalue weighted by atomic mass is 10.1. The Bertz CT molecular complexity index is 777. The highest BCUT2D eigenvalue weighted by Gasteiger charge is 2.13. The molecule has 0 aliphatic rings. The Hall–Kier alpha value is -2.49. The minimum absolute atomic E-state index is 0.514. The number of hydrogen-bond donors (Lipinski definition) is 1. The average Bonchev–Trinajstić information content (AvgIpc) is 2.79. The van der Waals surface area contributed by atoms with Crippen LogP contribution in [0.2, 0.25) is 0 Å². The van der Waals surface area contributed by atoms with Crippen molar-refractivity contribution in [2.45, 2.75) is 20.4 Å². The van der Waals surface area contributed by atoms with E-state index in [1.54, 1.807) is 0 Å². The fourth-order valence-corrected chi connectivity index (χ4v) is 2.54. The maximum absolute atomic E-state index is 6.11. The molecule has 0 aliphatic heterocycles. The van der Waals surface area contributed by atoms with Gasteiger partial charge in [-0.2, -0.15) is 0 Å². The topological polar surface area (TPSA) is 53.1 Å². The lowest BCUT2D eigenvalue weighted by Gasteiger charge is -2.09. The number of hydrogen-bond acceptors (Lipinski definition) is 3. The highest BCUT2D eigenvalue weighted by Crippen LogP contribution is 2.28. The lowest BCUT2D eigenvalue weighted by molar-refractivity contribution is 0.343. The summed E-state index contributed by atoms with van der Waals surface area (Å²) in [7, 11) is 0. The second-order valence-electron chi connectivity index (χ2n) is 5.04. The standard InChI is InChI=1S/C17H19N3O/c1-3-21-15-10-6-9-14-16(15)19-17(18)20(14)11-13-8-5-4-7-12(13)2/h4-10H,3,11H2,1-2H3,(H2,18,19). The highest BCUT2D eigenvalue weighted by molar-refractivity contribution is 5.84. The molecule has 0 atom stereocenters. The summed E-state index contributed by atoms with van der Waals surface area (Å²) in [5.74, 6) is 1.30. The molecule has 108 valence electrons. The van der Waals surface area contributed by atoms with Crippen LogP contribution in [0.5, 0.6) is 5.75 Å². The molecule has 0 fully saturated rings. The molecule has 3 rings (SSSR count). The molecule has 0 aliphatic carbocycles. The molecule has 0 saturated heterocycles. The van der Waals surface area contributed by atoms with E-state index in [1.807, 2.05) is 41.8 Å². The Balaban J connectivity index is 2.09. The first-order valence-electron chi connectivity index (χ1n) is 7.12. The number of rotatable bonds is 4. The van der Waals surface area contributed by atoms with Gasteiger partial charge in [-0.15, -0.1) is 0 Å². The number of ether oxygens (including phenoxy) is 1. The first-order valence-corrected chi connectivity index (χ1v) is 7.12. The molecule has 3 aromatic rings. The van der Waals surface area contributed by atoms with E-state index in [4.69, 9.17) is 10.5 Å². The summed E-state index contributed by atoms with van der Waals surface area (Å²) in [5, 5.41) is 0. The zero-order chi connectivity index (χ0) is 14.8. The molecular weight excluding hydrogens is 262 g/mol. The molecule has 2 N–H and O–H groups in total. The molecule has 4 nitrogen and oxygen atoms in total. The quantitative estimate of drug-likeness (QED) is 0.797. The summed E-state index contributed by atoms with van der Waals surface area (Å²) in [5.41, 5.74) is 10.4. The third-order valence-corrected chi connectivity index (χ3v) is 3.66. The van der Waals surface area contributed by atoms with Crippen molar-refractivity contribution < 1.29 is 4.74 Å². The van der Waals surface area contributed by atoms with E-state index in [1.165, 1.54) is 11.1 Å². The Morgan fingerprint density at radius 2 is 1.95 bits per heavy atom. The molecule has 4 heteroatoms. The minimum atomic E-state index is 0.514. The number of benzene rings is 2. The zero-order valence-corrected chi connectivity index (χ0v) is 12.3. The Kier molecular flexibility index (Phi) is 3.52. The number of nitrogen functional groups attached to an aromatic ring is 1. The largest absolute Gasteiger partial charge is 0.492 e. The number of nitrogens with two attached hydrogens (primary N) is 1. The van der Waals surface area contributed by atoms with Gasteiger partial charge in [0.2, 0.25) is 5.95 Å². The molecule has 0 spiro atoms. The molecule has 2 aromatic carbocycles. The number of aryl methyl sites for hydroxylation is 1. The highest BCUT2D eigenvalue weighted by atomic mass is 16.5. The van der Waals surface area contributed by atoms with E-state index >= 15 is 0 Å². The Labute approximate surface area is 124 Å². The van der Waals surface area contributed by atoms with E-state index in [-0.39, 0.29) is 0 Å². The molecule has 0 amide bonds. The van der Waals surface area contributed by atoms with Crippen LogP contribution in [0.15, 0.2) is 42.5 Å². The van der Waals surface area contributed by atoms with E-state index < -0.39 is 0 Å². The number of nitrogens with zero attached hydrogens (tertiary/aromatic N) is 2. The van der Waals surface area contributed by atoms with Crippen LogP contribution in [0, 0.1) is 6.92 Å². The number of fused-ring (bicyclic) bond motifs is 1. The number of para-hydroxylation sites is 1. The van der Waals surface area contributed by atoms with Crippen LogP contribution in [0.25, 0.3) is 11.0 Å². The number of aromatic nitrogens is 2. The second-order valence-corrected chi connectivity index (χ2v) is 5.04. The predicted molar refractivity (Wildman–Crippen MR) is 85.6 cm³/mol. The summed E-state index contributed by atoms with van der Waals surface area (Å²) in [4.78, 5) is 4.47. The van der Waals surface area contributed by atoms with E-state index in [0.717, 1.165) is 16.8 Å². The summed E-state index contributed by atoms with van der Waals surface area (Å²) in [6.07, 6.45) is 0. The van der Waals surface area contributed by atoms with Gasteiger partial charge in [-0.25, -0.2) is 4.98 Å². The van der Waals surface area contributed by atoms with Gasteiger partial charge in [0.25, 0.3) is 0 Å². The van der Waals surface area contributed by atoms with E-state index in [2.05, 4.69) is 24.0 Å². The predicted octanol–water partition coefficient (Wildman–Crippen LogP) is 3.37. The molecule has 0 radical (unpaired) electrons. The van der Waals surface area contributed by atoms with Crippen molar-refractivity contribution in [1.29, 1.82) is 0 Å². The van der Waals surface area contributed by atoms with Gasteiger partial charge >= 0.3 is 0 Å². The summed E-state index contributed by atoms with van der Waals surface area (Å²) < 4.78 is 7.66. The van der Waals surface area contributed by atoms with Crippen molar-refractivity contribution in [1.82, 2.24) is 9.55 Å². The summed E-state index contributed by atoms with van der Waals surface area (Å²) >= 11 is 0. The monoisotopic (exact) mass is 281 g/mol. The number of anilines is 1. The van der Waals surface area contributed by atoms with Crippen molar-refractivity contribution in [2.75, 3.05) is 12.3 Å². The van der Waals surface area contributed by atoms with E-state index in [0.29, 0.717) is 19.1 Å². The van der Waals surface area contributed by atoms with Crippen LogP contribution in [0.1, 0.15) is 18.1 Å². The van der Waals surface area contributed by atoms with Crippen LogP contribution in [0.3, 0.4) is 0 Å². The SMILES string of the molecule is CCOc1cccc2c1nc(N)n2Cc1ccccc1C.